The minimum absolute atomic E-state index is 0.0450. The highest BCUT2D eigenvalue weighted by atomic mass is 35.5. The quantitative estimate of drug-likeness (QED) is 0.646. The molecule has 1 saturated heterocycles. The van der Waals surface area contributed by atoms with Crippen LogP contribution in [0, 0.1) is 0 Å². The summed E-state index contributed by atoms with van der Waals surface area (Å²) in [4.78, 5) is 14.3. The van der Waals surface area contributed by atoms with Crippen molar-refractivity contribution in [2.24, 2.45) is 0 Å². The molecule has 2 aliphatic rings. The molecule has 144 valence electrons. The lowest BCUT2D eigenvalue weighted by Crippen LogP contribution is -2.55. The van der Waals surface area contributed by atoms with E-state index in [1.165, 1.54) is 12.8 Å². The number of nitrogens with zero attached hydrogens (tertiary/aromatic N) is 1. The molecular formula is C19H28ClN3O3. The van der Waals surface area contributed by atoms with Crippen LogP contribution in [0.5, 0.6) is 5.75 Å². The average molecular weight is 382 g/mol. The predicted octanol–water partition coefficient (Wildman–Crippen LogP) is 2.40. The smallest absolute Gasteiger partial charge is 0.315 e. The maximum atomic E-state index is 12.0. The van der Waals surface area contributed by atoms with Gasteiger partial charge in [0.15, 0.2) is 0 Å². The Morgan fingerprint density at radius 3 is 2.62 bits per heavy atom. The van der Waals surface area contributed by atoms with Crippen molar-refractivity contribution >= 4 is 17.6 Å². The van der Waals surface area contributed by atoms with Crippen LogP contribution in [-0.4, -0.2) is 60.5 Å². The minimum Gasteiger partial charge on any atom is -0.488 e. The molecule has 2 fully saturated rings. The topological polar surface area (TPSA) is 73.8 Å². The number of hydrogen-bond acceptors (Lipinski definition) is 4. The maximum Gasteiger partial charge on any atom is 0.315 e. The zero-order valence-corrected chi connectivity index (χ0v) is 15.8. The molecule has 0 spiro atoms. The normalized spacial score (nSPS) is 19.8. The fourth-order valence-corrected chi connectivity index (χ4v) is 3.64. The molecule has 1 aliphatic heterocycles. The van der Waals surface area contributed by atoms with Crippen molar-refractivity contribution in [3.05, 3.63) is 29.3 Å². The first-order chi connectivity index (χ1) is 12.6. The molecule has 0 radical (unpaired) electrons. The zero-order chi connectivity index (χ0) is 18.4. The van der Waals surface area contributed by atoms with Gasteiger partial charge < -0.3 is 20.5 Å². The zero-order valence-electron chi connectivity index (χ0n) is 15.0. The van der Waals surface area contributed by atoms with Crippen LogP contribution in [0.2, 0.25) is 5.02 Å². The van der Waals surface area contributed by atoms with Crippen LogP contribution in [0.1, 0.15) is 32.1 Å². The Balaban J connectivity index is 1.30. The lowest BCUT2D eigenvalue weighted by Gasteiger charge is -2.39. The summed E-state index contributed by atoms with van der Waals surface area (Å²) in [6.07, 6.45) is 5.38. The van der Waals surface area contributed by atoms with Crippen LogP contribution in [0.15, 0.2) is 24.3 Å². The molecule has 1 aliphatic carbocycles. The summed E-state index contributed by atoms with van der Waals surface area (Å²) < 4.78 is 5.88. The number of aliphatic hydroxyl groups excluding tert-OH is 1. The number of amides is 2. The fraction of sp³-hybridized carbons (Fsp3) is 0.632. The van der Waals surface area contributed by atoms with Gasteiger partial charge in [-0.15, -0.1) is 0 Å². The molecule has 0 unspecified atom stereocenters. The number of aliphatic hydroxyl groups is 1. The summed E-state index contributed by atoms with van der Waals surface area (Å²) in [6, 6.07) is 7.30. The minimum atomic E-state index is -0.215. The second-order valence-electron chi connectivity index (χ2n) is 7.22. The van der Waals surface area contributed by atoms with Crippen LogP contribution in [0.3, 0.4) is 0 Å². The van der Waals surface area contributed by atoms with Crippen molar-refractivity contribution in [3.63, 3.8) is 0 Å². The van der Waals surface area contributed by atoms with E-state index in [1.807, 2.05) is 24.3 Å². The van der Waals surface area contributed by atoms with Crippen LogP contribution >= 0.6 is 11.6 Å². The summed E-state index contributed by atoms with van der Waals surface area (Å²) >= 11 is 5.87. The van der Waals surface area contributed by atoms with E-state index in [2.05, 4.69) is 15.5 Å². The molecule has 1 heterocycles. The molecule has 1 aromatic rings. The van der Waals surface area contributed by atoms with E-state index in [9.17, 15) is 9.90 Å². The maximum absolute atomic E-state index is 12.0. The third-order valence-corrected chi connectivity index (χ3v) is 5.33. The van der Waals surface area contributed by atoms with Gasteiger partial charge in [0.2, 0.25) is 0 Å². The fourth-order valence-electron chi connectivity index (χ4n) is 3.52. The first-order valence-electron chi connectivity index (χ1n) is 9.45. The second-order valence-corrected chi connectivity index (χ2v) is 7.66. The SMILES string of the molecule is O=C(NC1CCCC1)N[C@H](CO)CCN1CC(Oc2ccc(Cl)cc2)C1. The number of halogens is 1. The number of carbonyl (C=O) groups excluding carboxylic acids is 1. The Kier molecular flexibility index (Phi) is 7.00. The molecule has 3 rings (SSSR count). The van der Waals surface area contributed by atoms with Gasteiger partial charge in [0, 0.05) is 30.7 Å². The standard InChI is InChI=1S/C19H28ClN3O3/c20-14-5-7-17(8-6-14)26-18-11-23(12-18)10-9-16(13-24)22-19(25)21-15-3-1-2-4-15/h5-8,15-16,18,24H,1-4,9-13H2,(H2,21,22,25)/t16-/m0/s1. The Bertz CT molecular complexity index is 572. The number of benzene rings is 1. The van der Waals surface area contributed by atoms with Crippen LogP contribution < -0.4 is 15.4 Å². The number of urea groups is 1. The number of hydrogen-bond donors (Lipinski definition) is 3. The number of likely N-dealkylation sites (tertiary alicyclic amines) is 1. The highest BCUT2D eigenvalue weighted by Crippen LogP contribution is 2.21. The largest absolute Gasteiger partial charge is 0.488 e. The van der Waals surface area contributed by atoms with Crippen molar-refractivity contribution in [1.82, 2.24) is 15.5 Å². The molecular weight excluding hydrogens is 354 g/mol. The van der Waals surface area contributed by atoms with Gasteiger partial charge in [-0.3, -0.25) is 4.90 Å². The summed E-state index contributed by atoms with van der Waals surface area (Å²) in [5.74, 6) is 0.831. The number of carbonyl (C=O) groups is 1. The second kappa shape index (κ2) is 9.44. The average Bonchev–Trinajstić information content (AvgIpc) is 3.10. The molecule has 0 bridgehead atoms. The Morgan fingerprint density at radius 2 is 1.96 bits per heavy atom. The van der Waals surface area contributed by atoms with E-state index in [0.29, 0.717) is 5.02 Å². The molecule has 1 saturated carbocycles. The highest BCUT2D eigenvalue weighted by Gasteiger charge is 2.29. The Hall–Kier alpha value is -1.50. The van der Waals surface area contributed by atoms with Gasteiger partial charge in [-0.1, -0.05) is 24.4 Å². The lowest BCUT2D eigenvalue weighted by atomic mass is 10.1. The highest BCUT2D eigenvalue weighted by molar-refractivity contribution is 6.30. The predicted molar refractivity (Wildman–Crippen MR) is 102 cm³/mol. The summed E-state index contributed by atoms with van der Waals surface area (Å²) in [7, 11) is 0. The molecule has 26 heavy (non-hydrogen) atoms. The van der Waals surface area contributed by atoms with Crippen molar-refractivity contribution in [2.75, 3.05) is 26.2 Å². The summed E-state index contributed by atoms with van der Waals surface area (Å²) in [6.45, 7) is 2.50. The van der Waals surface area contributed by atoms with Crippen molar-refractivity contribution < 1.29 is 14.6 Å². The van der Waals surface area contributed by atoms with Gasteiger partial charge in [0.1, 0.15) is 11.9 Å². The first-order valence-corrected chi connectivity index (χ1v) is 9.82. The summed E-state index contributed by atoms with van der Waals surface area (Å²) in [5, 5.41) is 16.1. The van der Waals surface area contributed by atoms with E-state index in [1.54, 1.807) is 0 Å². The Morgan fingerprint density at radius 1 is 1.27 bits per heavy atom. The first kappa shape index (κ1) is 19.3. The van der Waals surface area contributed by atoms with Crippen LogP contribution in [0.4, 0.5) is 4.79 Å². The van der Waals surface area contributed by atoms with E-state index < -0.39 is 0 Å². The molecule has 0 aromatic heterocycles. The Labute approximate surface area is 159 Å². The van der Waals surface area contributed by atoms with Gasteiger partial charge in [-0.2, -0.15) is 0 Å². The molecule has 6 nitrogen and oxygen atoms in total. The van der Waals surface area contributed by atoms with Crippen molar-refractivity contribution in [3.8, 4) is 5.75 Å². The van der Waals surface area contributed by atoms with E-state index >= 15 is 0 Å². The van der Waals surface area contributed by atoms with E-state index in [0.717, 1.165) is 44.6 Å². The molecule has 1 atom stereocenters. The van der Waals surface area contributed by atoms with E-state index in [-0.39, 0.29) is 30.8 Å². The van der Waals surface area contributed by atoms with Crippen LogP contribution in [-0.2, 0) is 0 Å². The van der Waals surface area contributed by atoms with Crippen molar-refractivity contribution in [1.29, 1.82) is 0 Å². The van der Waals surface area contributed by atoms with Gasteiger partial charge in [-0.05, 0) is 43.5 Å². The molecule has 7 heteroatoms. The van der Waals surface area contributed by atoms with Gasteiger partial charge in [-0.25, -0.2) is 4.79 Å². The van der Waals surface area contributed by atoms with Gasteiger partial charge in [0.05, 0.1) is 12.6 Å². The monoisotopic (exact) mass is 381 g/mol. The molecule has 1 aromatic carbocycles. The third-order valence-electron chi connectivity index (χ3n) is 5.08. The lowest BCUT2D eigenvalue weighted by molar-refractivity contribution is 0.0168. The van der Waals surface area contributed by atoms with E-state index in [4.69, 9.17) is 16.3 Å². The van der Waals surface area contributed by atoms with Gasteiger partial charge in [0.25, 0.3) is 0 Å². The molecule has 3 N–H and O–H groups in total. The number of nitrogens with one attached hydrogen (secondary N) is 2. The van der Waals surface area contributed by atoms with Gasteiger partial charge >= 0.3 is 6.03 Å². The summed E-state index contributed by atoms with van der Waals surface area (Å²) in [5.41, 5.74) is 0. The number of rotatable bonds is 8. The number of ether oxygens (including phenoxy) is 1. The third kappa shape index (κ3) is 5.76. The van der Waals surface area contributed by atoms with Crippen LogP contribution in [0.25, 0.3) is 0 Å². The molecule has 2 amide bonds. The van der Waals surface area contributed by atoms with Crippen molar-refractivity contribution in [2.45, 2.75) is 50.3 Å².